The fraction of sp³-hybridized carbons (Fsp3) is 0.429. The van der Waals surface area contributed by atoms with Gasteiger partial charge < -0.3 is 15.8 Å². The lowest BCUT2D eigenvalue weighted by Gasteiger charge is -2.26. The van der Waals surface area contributed by atoms with E-state index in [-0.39, 0.29) is 10.9 Å². The molecule has 6 heteroatoms. The molecular weight excluding hydrogens is 296 g/mol. The molecule has 3 N–H and O–H groups in total. The Morgan fingerprint density at radius 3 is 2.65 bits per heavy atom. The first-order chi connectivity index (χ1) is 9.49. The van der Waals surface area contributed by atoms with Crippen LogP contribution in [0.1, 0.15) is 25.7 Å². The predicted octanol–water partition coefficient (Wildman–Crippen LogP) is 3.13. The van der Waals surface area contributed by atoms with Gasteiger partial charge in [0.2, 0.25) is 5.91 Å². The molecule has 0 unspecified atom stereocenters. The highest BCUT2D eigenvalue weighted by molar-refractivity contribution is 7.80. The number of nitrogens with one attached hydrogen (secondary N) is 1. The summed E-state index contributed by atoms with van der Waals surface area (Å²) in [4.78, 5) is 12.8. The normalized spacial score (nSPS) is 16.7. The van der Waals surface area contributed by atoms with Crippen LogP contribution in [0.5, 0.6) is 5.75 Å². The first-order valence-corrected chi connectivity index (χ1v) is 7.23. The summed E-state index contributed by atoms with van der Waals surface area (Å²) in [5, 5.41) is 3.36. The lowest BCUT2D eigenvalue weighted by molar-refractivity contribution is -0.122. The molecule has 1 aromatic rings. The van der Waals surface area contributed by atoms with Crippen molar-refractivity contribution in [1.82, 2.24) is 0 Å². The molecule has 0 aliphatic heterocycles. The number of rotatable bonds is 4. The van der Waals surface area contributed by atoms with E-state index in [9.17, 15) is 4.79 Å². The number of hydrogen-bond donors (Lipinski definition) is 2. The third kappa shape index (κ3) is 2.74. The molecule has 1 fully saturated rings. The van der Waals surface area contributed by atoms with Gasteiger partial charge in [-0.1, -0.05) is 36.7 Å². The van der Waals surface area contributed by atoms with Crippen LogP contribution < -0.4 is 15.8 Å². The van der Waals surface area contributed by atoms with Crippen molar-refractivity contribution < 1.29 is 9.53 Å². The van der Waals surface area contributed by atoms with E-state index in [1.54, 1.807) is 18.2 Å². The Morgan fingerprint density at radius 1 is 1.45 bits per heavy atom. The summed E-state index contributed by atoms with van der Waals surface area (Å²) in [6, 6.07) is 5.09. The van der Waals surface area contributed by atoms with Gasteiger partial charge >= 0.3 is 0 Å². The number of amides is 1. The van der Waals surface area contributed by atoms with Gasteiger partial charge in [0, 0.05) is 11.8 Å². The summed E-state index contributed by atoms with van der Waals surface area (Å²) in [6.07, 6.45) is 3.35. The fourth-order valence-corrected chi connectivity index (χ4v) is 3.04. The second-order valence-corrected chi connectivity index (χ2v) is 5.80. The van der Waals surface area contributed by atoms with Crippen molar-refractivity contribution in [2.45, 2.75) is 25.7 Å². The van der Waals surface area contributed by atoms with E-state index < -0.39 is 5.41 Å². The third-order valence-corrected chi connectivity index (χ3v) is 4.48. The minimum Gasteiger partial charge on any atom is -0.495 e. The van der Waals surface area contributed by atoms with Crippen molar-refractivity contribution in [2.75, 3.05) is 12.4 Å². The van der Waals surface area contributed by atoms with E-state index in [0.717, 1.165) is 12.8 Å². The Morgan fingerprint density at radius 2 is 2.10 bits per heavy atom. The van der Waals surface area contributed by atoms with Crippen molar-refractivity contribution in [2.24, 2.45) is 11.1 Å². The fourth-order valence-electron chi connectivity index (χ4n) is 2.55. The van der Waals surface area contributed by atoms with Crippen molar-refractivity contribution >= 4 is 40.4 Å². The van der Waals surface area contributed by atoms with E-state index in [4.69, 9.17) is 34.3 Å². The van der Waals surface area contributed by atoms with Crippen LogP contribution in [0, 0.1) is 5.41 Å². The molecule has 0 spiro atoms. The van der Waals surface area contributed by atoms with Crippen LogP contribution in [0.2, 0.25) is 5.02 Å². The molecule has 1 aliphatic rings. The second kappa shape index (κ2) is 5.97. The maximum absolute atomic E-state index is 12.5. The van der Waals surface area contributed by atoms with Gasteiger partial charge in [-0.2, -0.15) is 0 Å². The molecule has 1 aliphatic carbocycles. The highest BCUT2D eigenvalue weighted by Crippen LogP contribution is 2.40. The van der Waals surface area contributed by atoms with Gasteiger partial charge in [0.05, 0.1) is 22.5 Å². The molecule has 108 valence electrons. The lowest BCUT2D eigenvalue weighted by Crippen LogP contribution is -2.43. The van der Waals surface area contributed by atoms with Gasteiger partial charge in [0.15, 0.2) is 0 Å². The van der Waals surface area contributed by atoms with Crippen LogP contribution >= 0.6 is 23.8 Å². The number of methoxy groups -OCH3 is 1. The van der Waals surface area contributed by atoms with E-state index >= 15 is 0 Å². The smallest absolute Gasteiger partial charge is 0.237 e. The predicted molar refractivity (Wildman–Crippen MR) is 84.3 cm³/mol. The molecule has 0 saturated heterocycles. The van der Waals surface area contributed by atoms with E-state index in [0.29, 0.717) is 29.3 Å². The Balaban J connectivity index is 2.21. The van der Waals surface area contributed by atoms with Crippen LogP contribution in [0.25, 0.3) is 0 Å². The highest BCUT2D eigenvalue weighted by atomic mass is 35.5. The molecule has 1 saturated carbocycles. The van der Waals surface area contributed by atoms with Crippen molar-refractivity contribution in [3.63, 3.8) is 0 Å². The number of anilines is 1. The van der Waals surface area contributed by atoms with Gasteiger partial charge in [-0.05, 0) is 25.0 Å². The maximum Gasteiger partial charge on any atom is 0.237 e. The molecule has 20 heavy (non-hydrogen) atoms. The molecule has 0 atom stereocenters. The SMILES string of the molecule is COc1cc(NC(=O)C2(C(N)=S)CCCC2)ccc1Cl. The van der Waals surface area contributed by atoms with E-state index in [1.807, 2.05) is 0 Å². The lowest BCUT2D eigenvalue weighted by atomic mass is 9.85. The summed E-state index contributed by atoms with van der Waals surface area (Å²) < 4.78 is 5.13. The first-order valence-electron chi connectivity index (χ1n) is 6.44. The van der Waals surface area contributed by atoms with E-state index in [2.05, 4.69) is 5.32 Å². The Hall–Kier alpha value is -1.33. The Bertz CT molecular complexity index is 542. The minimum atomic E-state index is -0.720. The Labute approximate surface area is 128 Å². The molecular formula is C14H17ClN2O2S. The number of benzene rings is 1. The molecule has 0 aromatic heterocycles. The molecule has 0 heterocycles. The monoisotopic (exact) mass is 312 g/mol. The summed E-state index contributed by atoms with van der Waals surface area (Å²) in [5.74, 6) is 0.368. The van der Waals surface area contributed by atoms with Gasteiger partial charge in [0.25, 0.3) is 0 Å². The highest BCUT2D eigenvalue weighted by Gasteiger charge is 2.43. The van der Waals surface area contributed by atoms with Crippen LogP contribution in [0.4, 0.5) is 5.69 Å². The van der Waals surface area contributed by atoms with Crippen molar-refractivity contribution in [3.8, 4) is 5.75 Å². The average molecular weight is 313 g/mol. The van der Waals surface area contributed by atoms with E-state index in [1.165, 1.54) is 7.11 Å². The summed E-state index contributed by atoms with van der Waals surface area (Å²) in [5.41, 5.74) is 5.70. The summed E-state index contributed by atoms with van der Waals surface area (Å²) in [7, 11) is 1.53. The molecule has 1 amide bonds. The van der Waals surface area contributed by atoms with Crippen molar-refractivity contribution in [1.29, 1.82) is 0 Å². The zero-order valence-corrected chi connectivity index (χ0v) is 12.8. The average Bonchev–Trinajstić information content (AvgIpc) is 2.91. The number of carbonyl (C=O) groups excluding carboxylic acids is 1. The van der Waals surface area contributed by atoms with Crippen LogP contribution in [-0.2, 0) is 4.79 Å². The number of hydrogen-bond acceptors (Lipinski definition) is 3. The third-order valence-electron chi connectivity index (χ3n) is 3.77. The van der Waals surface area contributed by atoms with Gasteiger partial charge in [0.1, 0.15) is 5.75 Å². The molecule has 1 aromatic carbocycles. The first kappa shape index (κ1) is 15.1. The van der Waals surface area contributed by atoms with Crippen LogP contribution in [0.15, 0.2) is 18.2 Å². The number of halogens is 1. The largest absolute Gasteiger partial charge is 0.495 e. The van der Waals surface area contributed by atoms with Crippen LogP contribution in [-0.4, -0.2) is 18.0 Å². The summed E-state index contributed by atoms with van der Waals surface area (Å²) in [6.45, 7) is 0. The zero-order valence-electron chi connectivity index (χ0n) is 11.2. The van der Waals surface area contributed by atoms with Gasteiger partial charge in [-0.25, -0.2) is 0 Å². The number of ether oxygens (including phenoxy) is 1. The quantitative estimate of drug-likeness (QED) is 0.838. The standard InChI is InChI=1S/C14H17ClN2O2S/c1-19-11-8-9(4-5-10(11)15)17-13(18)14(12(16)20)6-2-3-7-14/h4-5,8H,2-3,6-7H2,1H3,(H2,16,20)(H,17,18). The molecule has 2 rings (SSSR count). The van der Waals surface area contributed by atoms with Crippen LogP contribution in [0.3, 0.4) is 0 Å². The maximum atomic E-state index is 12.5. The second-order valence-electron chi connectivity index (χ2n) is 4.96. The molecule has 4 nitrogen and oxygen atoms in total. The number of nitrogens with two attached hydrogens (primary N) is 1. The van der Waals surface area contributed by atoms with Gasteiger partial charge in [-0.3, -0.25) is 4.79 Å². The topological polar surface area (TPSA) is 64.3 Å². The Kier molecular flexibility index (Phi) is 4.50. The zero-order chi connectivity index (χ0) is 14.8. The minimum absolute atomic E-state index is 0.146. The number of carbonyl (C=O) groups is 1. The van der Waals surface area contributed by atoms with Gasteiger partial charge in [-0.15, -0.1) is 0 Å². The summed E-state index contributed by atoms with van der Waals surface area (Å²) >= 11 is 11.1. The molecule has 0 bridgehead atoms. The number of thiocarbonyl (C=S) groups is 1. The van der Waals surface area contributed by atoms with Crippen molar-refractivity contribution in [3.05, 3.63) is 23.2 Å². The molecule has 0 radical (unpaired) electrons.